The van der Waals surface area contributed by atoms with Crippen molar-refractivity contribution in [2.45, 2.75) is 77.7 Å². The summed E-state index contributed by atoms with van der Waals surface area (Å²) in [5.74, 6) is -0.132. The van der Waals surface area contributed by atoms with Gasteiger partial charge in [-0.2, -0.15) is 4.98 Å². The zero-order valence-corrected chi connectivity index (χ0v) is 24.3. The number of aryl methyl sites for hydroxylation is 1. The van der Waals surface area contributed by atoms with Gasteiger partial charge in [0.2, 0.25) is 11.7 Å². The molecule has 0 aliphatic heterocycles. The van der Waals surface area contributed by atoms with E-state index in [4.69, 9.17) is 4.52 Å². The van der Waals surface area contributed by atoms with Gasteiger partial charge in [0, 0.05) is 29.9 Å². The van der Waals surface area contributed by atoms with Crippen LogP contribution in [0.5, 0.6) is 0 Å². The predicted molar refractivity (Wildman–Crippen MR) is 156 cm³/mol. The highest BCUT2D eigenvalue weighted by molar-refractivity contribution is 5.98. The Morgan fingerprint density at radius 3 is 2.05 bits per heavy atom. The molecule has 4 rings (SSSR count). The summed E-state index contributed by atoms with van der Waals surface area (Å²) in [6.45, 7) is 9.91. The lowest BCUT2D eigenvalue weighted by Crippen LogP contribution is -2.49. The van der Waals surface area contributed by atoms with Gasteiger partial charge in [-0.05, 0) is 42.0 Å². The van der Waals surface area contributed by atoms with Gasteiger partial charge in [0.05, 0.1) is 5.56 Å². The fourth-order valence-electron chi connectivity index (χ4n) is 4.39. The number of nitrogens with zero attached hydrogens (tertiary/aromatic N) is 4. The van der Waals surface area contributed by atoms with E-state index in [9.17, 15) is 14.7 Å². The van der Waals surface area contributed by atoms with Crippen molar-refractivity contribution < 1.29 is 19.2 Å². The largest absolute Gasteiger partial charge is 0.479 e. The van der Waals surface area contributed by atoms with E-state index in [0.717, 1.165) is 24.8 Å². The molecule has 0 bridgehead atoms. The van der Waals surface area contributed by atoms with Crippen LogP contribution >= 0.6 is 0 Å². The molecule has 2 aromatic heterocycles. The zero-order chi connectivity index (χ0) is 29.6. The second-order valence-electron chi connectivity index (χ2n) is 11.4. The van der Waals surface area contributed by atoms with Crippen LogP contribution in [-0.2, 0) is 22.2 Å². The topological polar surface area (TPSA) is 131 Å². The number of benzene rings is 2. The lowest BCUT2D eigenvalue weighted by molar-refractivity contribution is -0.144. The Morgan fingerprint density at radius 1 is 0.829 bits per heavy atom. The van der Waals surface area contributed by atoms with Gasteiger partial charge >= 0.3 is 5.97 Å². The quantitative estimate of drug-likeness (QED) is 0.205. The molecule has 0 saturated heterocycles. The van der Waals surface area contributed by atoms with Crippen LogP contribution in [0.15, 0.2) is 65.4 Å². The van der Waals surface area contributed by atoms with E-state index >= 15 is 0 Å². The average Bonchev–Trinajstić information content (AvgIpc) is 3.44. The standard InChI is InChI=1S/C32H37N5O4/c1-6-7-8-9-10-26-35-28(37-41-26)23-19-33-27(34-20-23)21-11-17-25(18-12-21)32(5,30(39)40)36-29(38)22-13-15-24(16-14-22)31(2,3)4/h11-20H,6-10H2,1-5H3,(H,36,38)(H,39,40)/t32-/m0/s1. The minimum absolute atomic E-state index is 0.0551. The summed E-state index contributed by atoms with van der Waals surface area (Å²) in [5.41, 5.74) is 1.54. The summed E-state index contributed by atoms with van der Waals surface area (Å²) in [6.07, 6.45) is 8.52. The average molecular weight is 556 g/mol. The van der Waals surface area contributed by atoms with Gasteiger partial charge in [-0.3, -0.25) is 4.79 Å². The third kappa shape index (κ3) is 7.03. The monoisotopic (exact) mass is 555 g/mol. The molecule has 0 spiro atoms. The van der Waals surface area contributed by atoms with Crippen LogP contribution in [-0.4, -0.2) is 37.1 Å². The number of unbranched alkanes of at least 4 members (excludes halogenated alkanes) is 3. The van der Waals surface area contributed by atoms with Crippen LogP contribution in [0.2, 0.25) is 0 Å². The number of nitrogens with one attached hydrogen (secondary N) is 1. The molecule has 214 valence electrons. The van der Waals surface area contributed by atoms with Crippen molar-refractivity contribution in [3.05, 3.63) is 83.5 Å². The van der Waals surface area contributed by atoms with Gasteiger partial charge in [0.1, 0.15) is 0 Å². The van der Waals surface area contributed by atoms with Gasteiger partial charge < -0.3 is 14.9 Å². The van der Waals surface area contributed by atoms with Crippen molar-refractivity contribution in [3.8, 4) is 22.8 Å². The molecule has 0 unspecified atom stereocenters. The van der Waals surface area contributed by atoms with Crippen LogP contribution in [0.25, 0.3) is 22.8 Å². The molecule has 9 nitrogen and oxygen atoms in total. The van der Waals surface area contributed by atoms with E-state index in [1.165, 1.54) is 19.8 Å². The highest BCUT2D eigenvalue weighted by Gasteiger charge is 2.37. The third-order valence-electron chi connectivity index (χ3n) is 7.15. The number of aromatic nitrogens is 4. The van der Waals surface area contributed by atoms with Crippen molar-refractivity contribution in [1.82, 2.24) is 25.4 Å². The molecule has 1 atom stereocenters. The first kappa shape index (κ1) is 29.6. The molecule has 2 aromatic carbocycles. The summed E-state index contributed by atoms with van der Waals surface area (Å²) in [5, 5.41) is 16.8. The molecule has 0 aliphatic carbocycles. The SMILES string of the molecule is CCCCCCc1nc(-c2cnc(-c3ccc([C@](C)(NC(=O)c4ccc(C(C)(C)C)cc4)C(=O)O)cc3)nc2)no1. The molecule has 2 heterocycles. The summed E-state index contributed by atoms with van der Waals surface area (Å²) >= 11 is 0. The van der Waals surface area contributed by atoms with Crippen molar-refractivity contribution in [3.63, 3.8) is 0 Å². The van der Waals surface area contributed by atoms with Gasteiger partial charge in [-0.1, -0.05) is 88.5 Å². The smallest absolute Gasteiger partial charge is 0.333 e. The Labute approximate surface area is 240 Å². The number of hydrogen-bond acceptors (Lipinski definition) is 7. The van der Waals surface area contributed by atoms with Crippen LogP contribution in [0.3, 0.4) is 0 Å². The van der Waals surface area contributed by atoms with Crippen molar-refractivity contribution in [1.29, 1.82) is 0 Å². The Kier molecular flexibility index (Phi) is 8.95. The minimum atomic E-state index is -1.64. The molecule has 2 N–H and O–H groups in total. The second-order valence-corrected chi connectivity index (χ2v) is 11.4. The molecule has 1 amide bonds. The lowest BCUT2D eigenvalue weighted by atomic mass is 9.86. The Bertz CT molecular complexity index is 1470. The first-order valence-corrected chi connectivity index (χ1v) is 13.9. The van der Waals surface area contributed by atoms with Crippen LogP contribution < -0.4 is 5.32 Å². The normalized spacial score (nSPS) is 13.0. The Morgan fingerprint density at radius 2 is 1.46 bits per heavy atom. The molecule has 0 aliphatic rings. The zero-order valence-electron chi connectivity index (χ0n) is 24.3. The summed E-state index contributed by atoms with van der Waals surface area (Å²) in [7, 11) is 0. The minimum Gasteiger partial charge on any atom is -0.479 e. The number of aliphatic carboxylic acids is 1. The van der Waals surface area contributed by atoms with E-state index < -0.39 is 17.4 Å². The number of amides is 1. The number of rotatable bonds is 11. The fourth-order valence-corrected chi connectivity index (χ4v) is 4.39. The number of hydrogen-bond donors (Lipinski definition) is 2. The van der Waals surface area contributed by atoms with E-state index in [1.54, 1.807) is 48.8 Å². The Balaban J connectivity index is 1.46. The number of carbonyl (C=O) groups excluding carboxylic acids is 1. The maximum absolute atomic E-state index is 13.0. The van der Waals surface area contributed by atoms with E-state index in [2.05, 4.69) is 53.1 Å². The van der Waals surface area contributed by atoms with Crippen LogP contribution in [0.4, 0.5) is 0 Å². The highest BCUT2D eigenvalue weighted by atomic mass is 16.5. The molecule has 4 aromatic rings. The first-order chi connectivity index (χ1) is 19.5. The molecule has 9 heteroatoms. The predicted octanol–water partition coefficient (Wildman–Crippen LogP) is 6.34. The van der Waals surface area contributed by atoms with Gasteiger partial charge in [-0.15, -0.1) is 0 Å². The molecule has 0 radical (unpaired) electrons. The van der Waals surface area contributed by atoms with E-state index in [1.807, 2.05) is 12.1 Å². The molecule has 41 heavy (non-hydrogen) atoms. The number of carboxylic acids is 1. The highest BCUT2D eigenvalue weighted by Crippen LogP contribution is 2.27. The lowest BCUT2D eigenvalue weighted by Gasteiger charge is -2.27. The second kappa shape index (κ2) is 12.4. The first-order valence-electron chi connectivity index (χ1n) is 13.9. The van der Waals surface area contributed by atoms with Crippen LogP contribution in [0.1, 0.15) is 87.7 Å². The molecular weight excluding hydrogens is 518 g/mol. The third-order valence-corrected chi connectivity index (χ3v) is 7.15. The van der Waals surface area contributed by atoms with Crippen LogP contribution in [0, 0.1) is 0 Å². The fraction of sp³-hybridized carbons (Fsp3) is 0.375. The van der Waals surface area contributed by atoms with Crippen molar-refractivity contribution in [2.75, 3.05) is 0 Å². The van der Waals surface area contributed by atoms with Crippen molar-refractivity contribution >= 4 is 11.9 Å². The Hall–Kier alpha value is -4.40. The summed E-state index contributed by atoms with van der Waals surface area (Å²) in [4.78, 5) is 38.7. The van der Waals surface area contributed by atoms with Gasteiger partial charge in [0.25, 0.3) is 5.91 Å². The molecule has 0 fully saturated rings. The maximum Gasteiger partial charge on any atom is 0.333 e. The number of carboxylic acid groups (broad SMARTS) is 1. The van der Waals surface area contributed by atoms with E-state index in [-0.39, 0.29) is 5.41 Å². The summed E-state index contributed by atoms with van der Waals surface area (Å²) in [6, 6.07) is 14.0. The molecular formula is C32H37N5O4. The van der Waals surface area contributed by atoms with E-state index in [0.29, 0.717) is 39.8 Å². The van der Waals surface area contributed by atoms with Crippen molar-refractivity contribution in [2.24, 2.45) is 0 Å². The molecule has 0 saturated carbocycles. The number of carbonyl (C=O) groups is 2. The maximum atomic E-state index is 13.0. The summed E-state index contributed by atoms with van der Waals surface area (Å²) < 4.78 is 5.36. The van der Waals surface area contributed by atoms with Gasteiger partial charge in [-0.25, -0.2) is 14.8 Å². The van der Waals surface area contributed by atoms with Gasteiger partial charge in [0.15, 0.2) is 11.4 Å².